The molecule has 2 nitrogen and oxygen atoms in total. The van der Waals surface area contributed by atoms with Crippen molar-refractivity contribution in [2.45, 2.75) is 26.2 Å². The Morgan fingerprint density at radius 2 is 2.12 bits per heavy atom. The van der Waals surface area contributed by atoms with E-state index in [4.69, 9.17) is 4.74 Å². The Morgan fingerprint density at radius 3 is 2.75 bits per heavy atom. The van der Waals surface area contributed by atoms with Crippen LogP contribution < -0.4 is 10.1 Å². The molecule has 1 aromatic rings. The molecule has 16 heavy (non-hydrogen) atoms. The summed E-state index contributed by atoms with van der Waals surface area (Å²) >= 11 is 0. The van der Waals surface area contributed by atoms with Crippen molar-refractivity contribution in [3.05, 3.63) is 29.8 Å². The van der Waals surface area contributed by atoms with E-state index in [0.717, 1.165) is 18.3 Å². The van der Waals surface area contributed by atoms with Crippen molar-refractivity contribution < 1.29 is 4.74 Å². The normalized spacial score (nSPS) is 20.7. The standard InChI is InChI=1S/C14H21NO/c1-2-16-14-7-5-12(6-8-14)10-13-4-3-9-15-11-13/h5-8,13,15H,2-4,9-11H2,1H3/t13-/m0/s1. The molecule has 1 aromatic carbocycles. The van der Waals surface area contributed by atoms with Crippen LogP contribution in [-0.4, -0.2) is 19.7 Å². The fourth-order valence-electron chi connectivity index (χ4n) is 2.32. The minimum Gasteiger partial charge on any atom is -0.494 e. The average Bonchev–Trinajstić information content (AvgIpc) is 2.33. The van der Waals surface area contributed by atoms with Gasteiger partial charge in [0.1, 0.15) is 5.75 Å². The first-order valence-electron chi connectivity index (χ1n) is 6.31. The minimum atomic E-state index is 0.742. The Hall–Kier alpha value is -1.02. The third-order valence-electron chi connectivity index (χ3n) is 3.16. The van der Waals surface area contributed by atoms with Gasteiger partial charge in [-0.25, -0.2) is 0 Å². The molecule has 0 unspecified atom stereocenters. The zero-order chi connectivity index (χ0) is 11.2. The number of piperidine rings is 1. The van der Waals surface area contributed by atoms with Crippen molar-refractivity contribution in [2.75, 3.05) is 19.7 Å². The Bertz CT molecular complexity index is 301. The van der Waals surface area contributed by atoms with E-state index in [2.05, 4.69) is 29.6 Å². The van der Waals surface area contributed by atoms with E-state index in [1.807, 2.05) is 6.92 Å². The number of hydrogen-bond acceptors (Lipinski definition) is 2. The van der Waals surface area contributed by atoms with Gasteiger partial charge in [0.05, 0.1) is 6.61 Å². The maximum atomic E-state index is 5.44. The lowest BCUT2D eigenvalue weighted by atomic mass is 9.92. The smallest absolute Gasteiger partial charge is 0.119 e. The van der Waals surface area contributed by atoms with Gasteiger partial charge < -0.3 is 10.1 Å². The number of benzene rings is 1. The Labute approximate surface area is 98.0 Å². The molecule has 1 aliphatic rings. The third kappa shape index (κ3) is 3.24. The van der Waals surface area contributed by atoms with Crippen molar-refractivity contribution in [1.29, 1.82) is 0 Å². The van der Waals surface area contributed by atoms with Crippen LogP contribution in [0.2, 0.25) is 0 Å². The molecule has 0 amide bonds. The Balaban J connectivity index is 1.88. The van der Waals surface area contributed by atoms with Gasteiger partial charge >= 0.3 is 0 Å². The molecule has 0 aliphatic carbocycles. The maximum Gasteiger partial charge on any atom is 0.119 e. The van der Waals surface area contributed by atoms with Gasteiger partial charge in [0.2, 0.25) is 0 Å². The van der Waals surface area contributed by atoms with E-state index < -0.39 is 0 Å². The van der Waals surface area contributed by atoms with E-state index in [1.54, 1.807) is 0 Å². The summed E-state index contributed by atoms with van der Waals surface area (Å²) < 4.78 is 5.44. The van der Waals surface area contributed by atoms with Crippen molar-refractivity contribution in [1.82, 2.24) is 5.32 Å². The van der Waals surface area contributed by atoms with Crippen LogP contribution in [0.25, 0.3) is 0 Å². The summed E-state index contributed by atoms with van der Waals surface area (Å²) in [6.45, 7) is 5.13. The quantitative estimate of drug-likeness (QED) is 0.840. The topological polar surface area (TPSA) is 21.3 Å². The fraction of sp³-hybridized carbons (Fsp3) is 0.571. The van der Waals surface area contributed by atoms with Crippen LogP contribution in [0.4, 0.5) is 0 Å². The summed E-state index contributed by atoms with van der Waals surface area (Å²) in [5, 5.41) is 3.46. The first kappa shape index (κ1) is 11.5. The summed E-state index contributed by atoms with van der Waals surface area (Å²) in [5.74, 6) is 1.79. The predicted molar refractivity (Wildman–Crippen MR) is 66.9 cm³/mol. The summed E-state index contributed by atoms with van der Waals surface area (Å²) in [4.78, 5) is 0. The molecule has 0 bridgehead atoms. The highest BCUT2D eigenvalue weighted by Gasteiger charge is 2.13. The number of hydrogen-bond donors (Lipinski definition) is 1. The zero-order valence-electron chi connectivity index (χ0n) is 10.0. The van der Waals surface area contributed by atoms with Gasteiger partial charge in [-0.1, -0.05) is 12.1 Å². The molecule has 2 heteroatoms. The Kier molecular flexibility index (Phi) is 4.23. The van der Waals surface area contributed by atoms with Crippen molar-refractivity contribution >= 4 is 0 Å². The molecule has 0 aromatic heterocycles. The van der Waals surface area contributed by atoms with Gasteiger partial charge in [0.15, 0.2) is 0 Å². The molecule has 0 spiro atoms. The lowest BCUT2D eigenvalue weighted by Gasteiger charge is -2.22. The molecule has 1 atom stereocenters. The van der Waals surface area contributed by atoms with Crippen molar-refractivity contribution in [3.63, 3.8) is 0 Å². The zero-order valence-corrected chi connectivity index (χ0v) is 10.0. The molecule has 0 radical (unpaired) electrons. The molecule has 1 saturated heterocycles. The van der Waals surface area contributed by atoms with Gasteiger partial charge in [-0.05, 0) is 62.9 Å². The Morgan fingerprint density at radius 1 is 1.31 bits per heavy atom. The molecular formula is C14H21NO. The molecule has 88 valence electrons. The highest BCUT2D eigenvalue weighted by atomic mass is 16.5. The second-order valence-corrected chi connectivity index (χ2v) is 4.49. The molecule has 1 aliphatic heterocycles. The summed E-state index contributed by atoms with van der Waals surface area (Å²) in [6.07, 6.45) is 3.88. The predicted octanol–water partition coefficient (Wildman–Crippen LogP) is 2.63. The van der Waals surface area contributed by atoms with E-state index in [0.29, 0.717) is 0 Å². The maximum absolute atomic E-state index is 5.44. The lowest BCUT2D eigenvalue weighted by molar-refractivity contribution is 0.340. The van der Waals surface area contributed by atoms with E-state index in [-0.39, 0.29) is 0 Å². The number of nitrogens with one attached hydrogen (secondary N) is 1. The first-order chi connectivity index (χ1) is 7.88. The van der Waals surface area contributed by atoms with Crippen LogP contribution in [0, 0.1) is 5.92 Å². The highest BCUT2D eigenvalue weighted by Crippen LogP contribution is 2.18. The molecule has 2 rings (SSSR count). The third-order valence-corrected chi connectivity index (χ3v) is 3.16. The lowest BCUT2D eigenvalue weighted by Crippen LogP contribution is -2.30. The van der Waals surface area contributed by atoms with Gasteiger partial charge in [-0.15, -0.1) is 0 Å². The molecule has 1 N–H and O–H groups in total. The van der Waals surface area contributed by atoms with E-state index >= 15 is 0 Å². The second kappa shape index (κ2) is 5.90. The fourth-order valence-corrected chi connectivity index (χ4v) is 2.32. The largest absolute Gasteiger partial charge is 0.494 e. The monoisotopic (exact) mass is 219 g/mol. The van der Waals surface area contributed by atoms with E-state index in [1.165, 1.54) is 37.9 Å². The van der Waals surface area contributed by atoms with Gasteiger partial charge in [-0.3, -0.25) is 0 Å². The summed E-state index contributed by atoms with van der Waals surface area (Å²) in [6, 6.07) is 8.55. The van der Waals surface area contributed by atoms with Crippen LogP contribution in [0.15, 0.2) is 24.3 Å². The summed E-state index contributed by atoms with van der Waals surface area (Å²) in [7, 11) is 0. The van der Waals surface area contributed by atoms with Crippen LogP contribution in [0.3, 0.4) is 0 Å². The molecule has 1 heterocycles. The van der Waals surface area contributed by atoms with Crippen molar-refractivity contribution in [3.8, 4) is 5.75 Å². The van der Waals surface area contributed by atoms with Crippen LogP contribution in [0.5, 0.6) is 5.75 Å². The number of ether oxygens (including phenoxy) is 1. The number of rotatable bonds is 4. The molecule has 1 fully saturated rings. The summed E-state index contributed by atoms with van der Waals surface area (Å²) in [5.41, 5.74) is 1.43. The van der Waals surface area contributed by atoms with Gasteiger partial charge in [-0.2, -0.15) is 0 Å². The first-order valence-corrected chi connectivity index (χ1v) is 6.31. The van der Waals surface area contributed by atoms with Crippen LogP contribution in [-0.2, 0) is 6.42 Å². The molecular weight excluding hydrogens is 198 g/mol. The average molecular weight is 219 g/mol. The SMILES string of the molecule is CCOc1ccc(C[C@@H]2CCCNC2)cc1. The minimum absolute atomic E-state index is 0.742. The van der Waals surface area contributed by atoms with Gasteiger partial charge in [0, 0.05) is 0 Å². The van der Waals surface area contributed by atoms with Gasteiger partial charge in [0.25, 0.3) is 0 Å². The van der Waals surface area contributed by atoms with Crippen LogP contribution >= 0.6 is 0 Å². The highest BCUT2D eigenvalue weighted by molar-refractivity contribution is 5.27. The molecule has 0 saturated carbocycles. The van der Waals surface area contributed by atoms with E-state index in [9.17, 15) is 0 Å². The second-order valence-electron chi connectivity index (χ2n) is 4.49. The van der Waals surface area contributed by atoms with Crippen LogP contribution in [0.1, 0.15) is 25.3 Å². The van der Waals surface area contributed by atoms with Crippen molar-refractivity contribution in [2.24, 2.45) is 5.92 Å².